The lowest BCUT2D eigenvalue weighted by atomic mass is 10.2. The first-order valence-electron chi connectivity index (χ1n) is 7.85. The van der Waals surface area contributed by atoms with Crippen molar-refractivity contribution in [2.75, 3.05) is 47.4 Å². The van der Waals surface area contributed by atoms with E-state index in [0.717, 1.165) is 19.3 Å². The highest BCUT2D eigenvalue weighted by Gasteiger charge is 2.21. The molecule has 22 heavy (non-hydrogen) atoms. The Balaban J connectivity index is 3.60. The van der Waals surface area contributed by atoms with E-state index >= 15 is 0 Å². The van der Waals surface area contributed by atoms with Gasteiger partial charge in [-0.05, 0) is 19.3 Å². The number of hydrogen-bond acceptors (Lipinski definition) is 4. The summed E-state index contributed by atoms with van der Waals surface area (Å²) in [6.45, 7) is 3.68. The summed E-state index contributed by atoms with van der Waals surface area (Å²) < 4.78 is 22.1. The Morgan fingerprint density at radius 3 is 2.36 bits per heavy atom. The van der Waals surface area contributed by atoms with Gasteiger partial charge in [-0.15, -0.1) is 0 Å². The maximum Gasteiger partial charge on any atom is 0.472 e. The molecule has 8 heteroatoms. The molecular weight excluding hydrogens is 307 g/mol. The van der Waals surface area contributed by atoms with E-state index in [1.807, 2.05) is 28.1 Å². The SMILES string of the molecule is CCCNC(=O)CCCCCOP(=O)(O)OCC[N+](C)(C)C. The van der Waals surface area contributed by atoms with E-state index in [2.05, 4.69) is 5.32 Å². The van der Waals surface area contributed by atoms with Crippen molar-refractivity contribution in [2.45, 2.75) is 39.0 Å². The van der Waals surface area contributed by atoms with Crippen molar-refractivity contribution in [1.82, 2.24) is 5.32 Å². The van der Waals surface area contributed by atoms with Crippen molar-refractivity contribution >= 4 is 13.7 Å². The zero-order valence-electron chi connectivity index (χ0n) is 14.3. The summed E-state index contributed by atoms with van der Waals surface area (Å²) in [5, 5.41) is 2.81. The average molecular weight is 339 g/mol. The molecule has 7 nitrogen and oxygen atoms in total. The van der Waals surface area contributed by atoms with E-state index in [4.69, 9.17) is 9.05 Å². The zero-order chi connectivity index (χ0) is 17.1. The molecule has 0 radical (unpaired) electrons. The van der Waals surface area contributed by atoms with Crippen molar-refractivity contribution in [2.24, 2.45) is 0 Å². The summed E-state index contributed by atoms with van der Waals surface area (Å²) in [4.78, 5) is 20.8. The molecule has 0 fully saturated rings. The Hall–Kier alpha value is -0.460. The zero-order valence-corrected chi connectivity index (χ0v) is 15.2. The van der Waals surface area contributed by atoms with Crippen LogP contribution >= 0.6 is 7.82 Å². The fourth-order valence-electron chi connectivity index (χ4n) is 1.56. The third kappa shape index (κ3) is 14.5. The van der Waals surface area contributed by atoms with Gasteiger partial charge in [0.2, 0.25) is 5.91 Å². The third-order valence-corrected chi connectivity index (χ3v) is 3.91. The van der Waals surface area contributed by atoms with Crippen molar-refractivity contribution in [3.8, 4) is 0 Å². The number of carbonyl (C=O) groups excluding carboxylic acids is 1. The molecule has 0 saturated heterocycles. The van der Waals surface area contributed by atoms with Gasteiger partial charge in [0.05, 0.1) is 27.7 Å². The fraction of sp³-hybridized carbons (Fsp3) is 0.929. The van der Waals surface area contributed by atoms with Crippen LogP contribution < -0.4 is 5.32 Å². The van der Waals surface area contributed by atoms with Crippen LogP contribution in [0.2, 0.25) is 0 Å². The maximum atomic E-state index is 11.6. The maximum absolute atomic E-state index is 11.6. The molecule has 1 amide bonds. The van der Waals surface area contributed by atoms with Crippen LogP contribution in [0.4, 0.5) is 0 Å². The minimum absolute atomic E-state index is 0.0548. The van der Waals surface area contributed by atoms with E-state index in [9.17, 15) is 14.3 Å². The van der Waals surface area contributed by atoms with Crippen LogP contribution in [-0.2, 0) is 18.4 Å². The lowest BCUT2D eigenvalue weighted by molar-refractivity contribution is -0.870. The second-order valence-electron chi connectivity index (χ2n) is 6.31. The molecule has 0 aliphatic heterocycles. The summed E-state index contributed by atoms with van der Waals surface area (Å²) in [6, 6.07) is 0. The largest absolute Gasteiger partial charge is 0.472 e. The van der Waals surface area contributed by atoms with Gasteiger partial charge in [0.1, 0.15) is 13.2 Å². The number of hydrogen-bond donors (Lipinski definition) is 2. The Kier molecular flexibility index (Phi) is 10.9. The summed E-state index contributed by atoms with van der Waals surface area (Å²) in [7, 11) is 1.98. The number of phosphoric ester groups is 1. The minimum atomic E-state index is -3.95. The van der Waals surface area contributed by atoms with Gasteiger partial charge < -0.3 is 14.7 Å². The summed E-state index contributed by atoms with van der Waals surface area (Å²) in [5.41, 5.74) is 0. The number of nitrogens with zero attached hydrogens (tertiary/aromatic N) is 1. The first-order valence-corrected chi connectivity index (χ1v) is 9.35. The molecule has 0 aromatic carbocycles. The van der Waals surface area contributed by atoms with Gasteiger partial charge in [-0.3, -0.25) is 13.8 Å². The highest BCUT2D eigenvalue weighted by atomic mass is 31.2. The monoisotopic (exact) mass is 339 g/mol. The molecule has 1 unspecified atom stereocenters. The molecule has 0 spiro atoms. The van der Waals surface area contributed by atoms with Gasteiger partial charge in [0, 0.05) is 13.0 Å². The van der Waals surface area contributed by atoms with E-state index in [1.165, 1.54) is 0 Å². The van der Waals surface area contributed by atoms with Gasteiger partial charge >= 0.3 is 7.82 Å². The predicted molar refractivity (Wildman–Crippen MR) is 86.4 cm³/mol. The van der Waals surface area contributed by atoms with E-state index in [0.29, 0.717) is 30.4 Å². The standard InChI is InChI=1S/C14H31N2O5P/c1-5-10-15-14(17)9-7-6-8-12-20-22(18,19)21-13-11-16(2,3)4/h5-13H2,1-4H3,(H-,15,17,18,19)/p+1. The number of amides is 1. The van der Waals surface area contributed by atoms with Crippen molar-refractivity contribution in [1.29, 1.82) is 0 Å². The Bertz CT molecular complexity index is 358. The minimum Gasteiger partial charge on any atom is -0.356 e. The molecule has 0 saturated carbocycles. The highest BCUT2D eigenvalue weighted by molar-refractivity contribution is 7.47. The smallest absolute Gasteiger partial charge is 0.356 e. The Morgan fingerprint density at radius 1 is 1.14 bits per heavy atom. The number of rotatable bonds is 13. The highest BCUT2D eigenvalue weighted by Crippen LogP contribution is 2.43. The summed E-state index contributed by atoms with van der Waals surface area (Å²) in [6.07, 6.45) is 3.57. The second-order valence-corrected chi connectivity index (χ2v) is 7.76. The van der Waals surface area contributed by atoms with Gasteiger partial charge in [-0.1, -0.05) is 13.3 Å². The molecule has 0 bridgehead atoms. The second kappa shape index (κ2) is 11.1. The molecule has 2 N–H and O–H groups in total. The molecular formula is C14H32N2O5P+. The van der Waals surface area contributed by atoms with Gasteiger partial charge in [-0.2, -0.15) is 0 Å². The van der Waals surface area contributed by atoms with Crippen LogP contribution in [0, 0.1) is 0 Å². The van der Waals surface area contributed by atoms with E-state index < -0.39 is 7.82 Å². The number of likely N-dealkylation sites (N-methyl/N-ethyl adjacent to an activating group) is 1. The first-order chi connectivity index (χ1) is 10.2. The van der Waals surface area contributed by atoms with Gasteiger partial charge in [0.15, 0.2) is 0 Å². The van der Waals surface area contributed by atoms with Crippen LogP contribution in [0.5, 0.6) is 0 Å². The van der Waals surface area contributed by atoms with Crippen molar-refractivity contribution < 1.29 is 27.8 Å². The average Bonchev–Trinajstić information content (AvgIpc) is 2.38. The molecule has 0 aromatic rings. The topological polar surface area (TPSA) is 84.9 Å². The number of phosphoric acid groups is 1. The van der Waals surface area contributed by atoms with Crippen LogP contribution in [0.25, 0.3) is 0 Å². The first kappa shape index (κ1) is 21.5. The summed E-state index contributed by atoms with van der Waals surface area (Å²) >= 11 is 0. The third-order valence-electron chi connectivity index (χ3n) is 2.89. The van der Waals surface area contributed by atoms with Gasteiger partial charge in [-0.25, -0.2) is 4.57 Å². The number of nitrogens with one attached hydrogen (secondary N) is 1. The quantitative estimate of drug-likeness (QED) is 0.304. The molecule has 0 heterocycles. The van der Waals surface area contributed by atoms with Crippen LogP contribution in [0.1, 0.15) is 39.0 Å². The van der Waals surface area contributed by atoms with Crippen molar-refractivity contribution in [3.63, 3.8) is 0 Å². The molecule has 0 rings (SSSR count). The molecule has 0 aliphatic carbocycles. The van der Waals surface area contributed by atoms with Crippen LogP contribution in [0.15, 0.2) is 0 Å². The summed E-state index contributed by atoms with van der Waals surface area (Å²) in [5.74, 6) is 0.0548. The lowest BCUT2D eigenvalue weighted by Gasteiger charge is -2.24. The van der Waals surface area contributed by atoms with Crippen LogP contribution in [0.3, 0.4) is 0 Å². The lowest BCUT2D eigenvalue weighted by Crippen LogP contribution is -2.37. The van der Waals surface area contributed by atoms with E-state index in [1.54, 1.807) is 0 Å². The number of quaternary nitrogens is 1. The molecule has 1 atom stereocenters. The molecule has 132 valence electrons. The normalized spacial score (nSPS) is 14.6. The van der Waals surface area contributed by atoms with Crippen molar-refractivity contribution in [3.05, 3.63) is 0 Å². The molecule has 0 aliphatic rings. The predicted octanol–water partition coefficient (Wildman–Crippen LogP) is 1.91. The van der Waals surface area contributed by atoms with Crippen LogP contribution in [-0.4, -0.2) is 62.7 Å². The Labute approximate surface area is 134 Å². The number of unbranched alkanes of at least 4 members (excludes halogenated alkanes) is 2. The molecule has 0 aromatic heterocycles. The fourth-order valence-corrected chi connectivity index (χ4v) is 2.31. The van der Waals surface area contributed by atoms with E-state index in [-0.39, 0.29) is 19.1 Å². The van der Waals surface area contributed by atoms with Gasteiger partial charge in [0.25, 0.3) is 0 Å². The Morgan fingerprint density at radius 2 is 1.77 bits per heavy atom. The number of carbonyl (C=O) groups is 1.